The molecule has 1 aromatic rings. The molecule has 1 aromatic carbocycles. The Morgan fingerprint density at radius 3 is 2.32 bits per heavy atom. The van der Waals surface area contributed by atoms with E-state index in [-0.39, 0.29) is 17.7 Å². The maximum atomic E-state index is 12.1. The van der Waals surface area contributed by atoms with Gasteiger partial charge in [0.05, 0.1) is 0 Å². The highest BCUT2D eigenvalue weighted by Crippen LogP contribution is 2.50. The number of rotatable bonds is 10. The Morgan fingerprint density at radius 1 is 1.11 bits per heavy atom. The van der Waals surface area contributed by atoms with E-state index < -0.39 is 24.1 Å². The Labute approximate surface area is 216 Å². The van der Waals surface area contributed by atoms with Gasteiger partial charge in [-0.15, -0.1) is 0 Å². The van der Waals surface area contributed by atoms with Gasteiger partial charge < -0.3 is 35.4 Å². The molecule has 4 atom stereocenters. The number of nitrogens with one attached hydrogen (secondary N) is 1. The standard InChI is InChI=1S/C21H33N3O3.C4H6O6/c1-5-6-7-8-9-13-22-20(25)26-16-10-11-18-17(15-16)21(2)12-14-23(3)27-19(21)24(18)4;5-1(3(7)8)2(6)4(9)10/h10-11,15,19H,5-9,12-14H2,1-4H3,(H,22,25);1-2,5-6H,(H,7,8)(H,9,10)/t19-,21-;/m0./s1. The highest BCUT2D eigenvalue weighted by atomic mass is 16.7. The highest BCUT2D eigenvalue weighted by molar-refractivity contribution is 5.83. The maximum Gasteiger partial charge on any atom is 0.412 e. The number of benzene rings is 1. The summed E-state index contributed by atoms with van der Waals surface area (Å²) in [5.74, 6) is -2.95. The van der Waals surface area contributed by atoms with Crippen molar-refractivity contribution in [3.8, 4) is 5.75 Å². The van der Waals surface area contributed by atoms with E-state index >= 15 is 0 Å². The van der Waals surface area contributed by atoms with Crippen molar-refractivity contribution in [1.82, 2.24) is 10.4 Å². The van der Waals surface area contributed by atoms with Gasteiger partial charge in [0.25, 0.3) is 0 Å². The third-order valence-corrected chi connectivity index (χ3v) is 6.65. The number of aliphatic carboxylic acids is 2. The Morgan fingerprint density at radius 2 is 1.73 bits per heavy atom. The minimum absolute atomic E-state index is 0.0292. The van der Waals surface area contributed by atoms with Crippen molar-refractivity contribution in [2.24, 2.45) is 0 Å². The highest BCUT2D eigenvalue weighted by Gasteiger charge is 2.50. The van der Waals surface area contributed by atoms with Crippen molar-refractivity contribution in [2.45, 2.75) is 76.2 Å². The molecule has 0 bridgehead atoms. The van der Waals surface area contributed by atoms with E-state index in [0.29, 0.717) is 12.3 Å². The number of hydrogen-bond donors (Lipinski definition) is 5. The average Bonchev–Trinajstić information content (AvgIpc) is 3.07. The van der Waals surface area contributed by atoms with Crippen LogP contribution in [0.2, 0.25) is 0 Å². The summed E-state index contributed by atoms with van der Waals surface area (Å²) in [7, 11) is 4.03. The monoisotopic (exact) mass is 525 g/mol. The summed E-state index contributed by atoms with van der Waals surface area (Å²) < 4.78 is 5.53. The van der Waals surface area contributed by atoms with Gasteiger partial charge in [0.2, 0.25) is 0 Å². The molecule has 0 radical (unpaired) electrons. The van der Waals surface area contributed by atoms with Crippen LogP contribution in [0.5, 0.6) is 5.75 Å². The second-order valence-corrected chi connectivity index (χ2v) is 9.56. The van der Waals surface area contributed by atoms with Crippen molar-refractivity contribution in [1.29, 1.82) is 0 Å². The van der Waals surface area contributed by atoms with Crippen LogP contribution in [0.25, 0.3) is 0 Å². The van der Waals surface area contributed by atoms with Crippen LogP contribution in [0.3, 0.4) is 0 Å². The molecule has 3 rings (SSSR count). The zero-order valence-corrected chi connectivity index (χ0v) is 21.8. The molecule has 37 heavy (non-hydrogen) atoms. The van der Waals surface area contributed by atoms with E-state index in [4.69, 9.17) is 30.0 Å². The number of fused-ring (bicyclic) bond motifs is 3. The first kappa shape index (κ1) is 30.3. The van der Waals surface area contributed by atoms with Crippen LogP contribution >= 0.6 is 0 Å². The minimum atomic E-state index is -2.27. The Balaban J connectivity index is 0.000000410. The predicted molar refractivity (Wildman–Crippen MR) is 134 cm³/mol. The molecule has 1 saturated heterocycles. The number of carbonyl (C=O) groups excluding carboxylic acids is 1. The van der Waals surface area contributed by atoms with E-state index in [1.165, 1.54) is 24.8 Å². The zero-order valence-electron chi connectivity index (χ0n) is 21.8. The van der Waals surface area contributed by atoms with Crippen LogP contribution in [0.4, 0.5) is 10.5 Å². The van der Waals surface area contributed by atoms with E-state index in [1.54, 1.807) is 0 Å². The summed E-state index contributed by atoms with van der Waals surface area (Å²) in [6.07, 6.45) is 1.91. The number of carbonyl (C=O) groups is 3. The number of ether oxygens (including phenoxy) is 1. The van der Waals surface area contributed by atoms with Crippen LogP contribution in [-0.4, -0.2) is 89.1 Å². The molecule has 1 amide bonds. The molecule has 2 aliphatic heterocycles. The lowest BCUT2D eigenvalue weighted by atomic mass is 9.79. The van der Waals surface area contributed by atoms with Gasteiger partial charge in [-0.3, -0.25) is 4.84 Å². The Bertz CT molecular complexity index is 926. The second-order valence-electron chi connectivity index (χ2n) is 9.56. The fraction of sp³-hybridized carbons (Fsp3) is 0.640. The number of carboxylic acid groups (broad SMARTS) is 2. The van der Waals surface area contributed by atoms with Gasteiger partial charge in [0.1, 0.15) is 5.75 Å². The quantitative estimate of drug-likeness (QED) is 0.283. The lowest BCUT2D eigenvalue weighted by molar-refractivity contribution is -0.226. The number of carboxylic acids is 2. The van der Waals surface area contributed by atoms with Crippen LogP contribution in [0, 0.1) is 0 Å². The SMILES string of the molecule is CCCCCCCNC(=O)Oc1ccc2c(c1)[C@]1(C)CCN(C)O[C@@H]1N2C.O=C(O)C(O)C(O)C(=O)O. The number of likely N-dealkylation sites (N-methyl/N-ethyl adjacent to an activating group) is 1. The molecule has 2 unspecified atom stereocenters. The average molecular weight is 526 g/mol. The number of aliphatic hydroxyl groups excluding tert-OH is 2. The molecule has 0 aromatic heterocycles. The first-order valence-electron chi connectivity index (χ1n) is 12.4. The largest absolute Gasteiger partial charge is 0.479 e. The van der Waals surface area contributed by atoms with Crippen molar-refractivity contribution < 1.29 is 44.4 Å². The zero-order chi connectivity index (χ0) is 27.8. The van der Waals surface area contributed by atoms with Crippen molar-refractivity contribution in [3.05, 3.63) is 23.8 Å². The fourth-order valence-corrected chi connectivity index (χ4v) is 4.42. The van der Waals surface area contributed by atoms with Gasteiger partial charge in [0.15, 0.2) is 18.4 Å². The number of aliphatic hydroxyl groups is 2. The summed E-state index contributed by atoms with van der Waals surface area (Å²) in [5, 5.41) is 37.3. The predicted octanol–water partition coefficient (Wildman–Crippen LogP) is 1.92. The van der Waals surface area contributed by atoms with E-state index in [9.17, 15) is 14.4 Å². The summed E-state index contributed by atoms with van der Waals surface area (Å²) in [6, 6.07) is 5.89. The molecule has 2 aliphatic rings. The van der Waals surface area contributed by atoms with Gasteiger partial charge in [0, 0.05) is 38.3 Å². The Hall–Kier alpha value is -2.93. The number of hydrogen-bond acceptors (Lipinski definition) is 9. The molecule has 2 heterocycles. The van der Waals surface area contributed by atoms with Gasteiger partial charge in [-0.25, -0.2) is 14.4 Å². The topological polar surface area (TPSA) is 169 Å². The summed E-state index contributed by atoms with van der Waals surface area (Å²) in [6.45, 7) is 5.97. The van der Waals surface area contributed by atoms with Crippen LogP contribution in [0.1, 0.15) is 57.9 Å². The van der Waals surface area contributed by atoms with Crippen molar-refractivity contribution in [3.63, 3.8) is 0 Å². The first-order valence-corrected chi connectivity index (χ1v) is 12.4. The number of nitrogens with zero attached hydrogens (tertiary/aromatic N) is 2. The number of hydroxylamine groups is 2. The molecule has 1 fully saturated rings. The van der Waals surface area contributed by atoms with Gasteiger partial charge in [-0.05, 0) is 36.6 Å². The van der Waals surface area contributed by atoms with E-state index in [2.05, 4.69) is 31.1 Å². The molecule has 5 N–H and O–H groups in total. The molecule has 0 aliphatic carbocycles. The maximum absolute atomic E-state index is 12.1. The van der Waals surface area contributed by atoms with E-state index in [1.807, 2.05) is 30.3 Å². The fourth-order valence-electron chi connectivity index (χ4n) is 4.42. The van der Waals surface area contributed by atoms with Gasteiger partial charge in [-0.2, -0.15) is 5.06 Å². The summed E-state index contributed by atoms with van der Waals surface area (Å²) in [5.41, 5.74) is 2.22. The molecule has 0 saturated carbocycles. The molecule has 12 nitrogen and oxygen atoms in total. The number of amides is 1. The van der Waals surface area contributed by atoms with Crippen LogP contribution < -0.4 is 15.0 Å². The molecular formula is C25H39N3O9. The third kappa shape index (κ3) is 7.78. The summed E-state index contributed by atoms with van der Waals surface area (Å²) >= 11 is 0. The number of anilines is 1. The molecule has 208 valence electrons. The lowest BCUT2D eigenvalue weighted by Gasteiger charge is -2.42. The third-order valence-electron chi connectivity index (χ3n) is 6.65. The van der Waals surface area contributed by atoms with E-state index in [0.717, 1.165) is 31.5 Å². The molecule has 0 spiro atoms. The van der Waals surface area contributed by atoms with Crippen molar-refractivity contribution >= 4 is 23.7 Å². The Kier molecular flexibility index (Phi) is 11.1. The number of unbranched alkanes of at least 4 members (excludes halogenated alkanes) is 4. The first-order chi connectivity index (χ1) is 17.4. The normalized spacial score (nSPS) is 22.1. The smallest absolute Gasteiger partial charge is 0.412 e. The minimum Gasteiger partial charge on any atom is -0.479 e. The lowest BCUT2D eigenvalue weighted by Crippen LogP contribution is -2.52. The molecule has 12 heteroatoms. The van der Waals surface area contributed by atoms with Crippen LogP contribution in [-0.2, 0) is 19.8 Å². The summed E-state index contributed by atoms with van der Waals surface area (Å²) in [4.78, 5) is 39.9. The van der Waals surface area contributed by atoms with Gasteiger partial charge >= 0.3 is 18.0 Å². The van der Waals surface area contributed by atoms with Gasteiger partial charge in [-0.1, -0.05) is 39.5 Å². The second kappa shape index (κ2) is 13.6. The van der Waals surface area contributed by atoms with Crippen LogP contribution in [0.15, 0.2) is 18.2 Å². The van der Waals surface area contributed by atoms with Crippen molar-refractivity contribution in [2.75, 3.05) is 32.1 Å². The molecular weight excluding hydrogens is 486 g/mol.